The SMILES string of the molecule is CC(CC=O)N1CCCC1=O. The topological polar surface area (TPSA) is 37.4 Å². The van der Waals surface area contributed by atoms with Crippen LogP contribution < -0.4 is 0 Å². The number of hydrogen-bond donors (Lipinski definition) is 0. The number of rotatable bonds is 3. The molecule has 1 rings (SSSR count). The van der Waals surface area contributed by atoms with Crippen LogP contribution >= 0.6 is 0 Å². The molecule has 1 heterocycles. The Labute approximate surface area is 66.4 Å². The lowest BCUT2D eigenvalue weighted by atomic mass is 10.2. The molecule has 3 nitrogen and oxygen atoms in total. The molecule has 0 saturated carbocycles. The predicted molar refractivity (Wildman–Crippen MR) is 41.1 cm³/mol. The van der Waals surface area contributed by atoms with Crippen molar-refractivity contribution in [3.05, 3.63) is 0 Å². The Morgan fingerprint density at radius 2 is 2.45 bits per heavy atom. The average molecular weight is 155 g/mol. The molecule has 11 heavy (non-hydrogen) atoms. The normalized spacial score (nSPS) is 20.5. The van der Waals surface area contributed by atoms with E-state index in [2.05, 4.69) is 0 Å². The molecular formula is C8H13NO2. The van der Waals surface area contributed by atoms with E-state index >= 15 is 0 Å². The number of carbonyl (C=O) groups excluding carboxylic acids is 2. The Morgan fingerprint density at radius 1 is 1.73 bits per heavy atom. The fraction of sp³-hybridized carbons (Fsp3) is 0.750. The van der Waals surface area contributed by atoms with Gasteiger partial charge in [-0.3, -0.25) is 4.79 Å². The van der Waals surface area contributed by atoms with Gasteiger partial charge in [-0.15, -0.1) is 0 Å². The van der Waals surface area contributed by atoms with Gasteiger partial charge in [0.25, 0.3) is 0 Å². The highest BCUT2D eigenvalue weighted by Crippen LogP contribution is 2.14. The smallest absolute Gasteiger partial charge is 0.222 e. The Balaban J connectivity index is 2.45. The molecule has 1 fully saturated rings. The summed E-state index contributed by atoms with van der Waals surface area (Å²) in [6.07, 6.45) is 2.94. The highest BCUT2D eigenvalue weighted by Gasteiger charge is 2.24. The van der Waals surface area contributed by atoms with Crippen LogP contribution in [-0.2, 0) is 9.59 Å². The minimum absolute atomic E-state index is 0.0995. The zero-order chi connectivity index (χ0) is 8.27. The van der Waals surface area contributed by atoms with Crippen molar-refractivity contribution >= 4 is 12.2 Å². The molecule has 62 valence electrons. The average Bonchev–Trinajstić information content (AvgIpc) is 2.36. The largest absolute Gasteiger partial charge is 0.340 e. The predicted octanol–water partition coefficient (Wildman–Crippen LogP) is 0.586. The van der Waals surface area contributed by atoms with Gasteiger partial charge in [-0.25, -0.2) is 0 Å². The summed E-state index contributed by atoms with van der Waals surface area (Å²) in [7, 11) is 0. The lowest BCUT2D eigenvalue weighted by Crippen LogP contribution is -2.34. The van der Waals surface area contributed by atoms with Crippen molar-refractivity contribution in [1.29, 1.82) is 0 Å². The molecule has 1 aliphatic rings. The molecule has 3 heteroatoms. The van der Waals surface area contributed by atoms with Crippen molar-refractivity contribution in [3.63, 3.8) is 0 Å². The molecule has 1 amide bonds. The number of likely N-dealkylation sites (tertiary alicyclic amines) is 1. The van der Waals surface area contributed by atoms with Gasteiger partial charge in [-0.05, 0) is 13.3 Å². The second-order valence-corrected chi connectivity index (χ2v) is 2.94. The van der Waals surface area contributed by atoms with Crippen molar-refractivity contribution in [1.82, 2.24) is 4.90 Å². The first-order valence-corrected chi connectivity index (χ1v) is 3.99. The molecule has 1 aliphatic heterocycles. The van der Waals surface area contributed by atoms with Gasteiger partial charge in [-0.2, -0.15) is 0 Å². The van der Waals surface area contributed by atoms with Gasteiger partial charge in [0.1, 0.15) is 6.29 Å². The van der Waals surface area contributed by atoms with E-state index in [1.54, 1.807) is 4.90 Å². The van der Waals surface area contributed by atoms with Crippen molar-refractivity contribution in [2.75, 3.05) is 6.54 Å². The van der Waals surface area contributed by atoms with Crippen LogP contribution in [-0.4, -0.2) is 29.7 Å². The summed E-state index contributed by atoms with van der Waals surface area (Å²) in [5, 5.41) is 0. The second-order valence-electron chi connectivity index (χ2n) is 2.94. The first kappa shape index (κ1) is 8.24. The lowest BCUT2D eigenvalue weighted by Gasteiger charge is -2.21. The maximum Gasteiger partial charge on any atom is 0.222 e. The summed E-state index contributed by atoms with van der Waals surface area (Å²) in [5.41, 5.74) is 0. The van der Waals surface area contributed by atoms with Crippen molar-refractivity contribution < 1.29 is 9.59 Å². The Kier molecular flexibility index (Phi) is 2.63. The van der Waals surface area contributed by atoms with Crippen molar-refractivity contribution in [2.45, 2.75) is 32.2 Å². The van der Waals surface area contributed by atoms with Crippen LogP contribution in [0.3, 0.4) is 0 Å². The van der Waals surface area contributed by atoms with Gasteiger partial charge >= 0.3 is 0 Å². The molecule has 0 radical (unpaired) electrons. The van der Waals surface area contributed by atoms with E-state index in [4.69, 9.17) is 0 Å². The van der Waals surface area contributed by atoms with E-state index in [9.17, 15) is 9.59 Å². The molecule has 0 aromatic rings. The lowest BCUT2D eigenvalue weighted by molar-refractivity contribution is -0.129. The summed E-state index contributed by atoms with van der Waals surface area (Å²) < 4.78 is 0. The molecule has 0 aliphatic carbocycles. The van der Waals surface area contributed by atoms with Gasteiger partial charge < -0.3 is 9.69 Å². The van der Waals surface area contributed by atoms with Gasteiger partial charge in [0.05, 0.1) is 0 Å². The summed E-state index contributed by atoms with van der Waals surface area (Å²) in [6.45, 7) is 2.74. The van der Waals surface area contributed by atoms with E-state index in [-0.39, 0.29) is 11.9 Å². The van der Waals surface area contributed by atoms with E-state index in [1.807, 2.05) is 6.92 Å². The van der Waals surface area contributed by atoms with E-state index in [1.165, 1.54) is 0 Å². The summed E-state index contributed by atoms with van der Waals surface area (Å²) in [6, 6.07) is 0.0995. The maximum atomic E-state index is 11.1. The molecule has 0 aromatic heterocycles. The van der Waals surface area contributed by atoms with Crippen LogP contribution in [0.4, 0.5) is 0 Å². The standard InChI is InChI=1S/C8H13NO2/c1-7(4-6-10)9-5-2-3-8(9)11/h6-7H,2-5H2,1H3. The van der Waals surface area contributed by atoms with Crippen LogP contribution in [0.1, 0.15) is 26.2 Å². The van der Waals surface area contributed by atoms with E-state index in [0.717, 1.165) is 19.3 Å². The summed E-state index contributed by atoms with van der Waals surface area (Å²) in [5.74, 6) is 0.194. The zero-order valence-electron chi connectivity index (χ0n) is 6.75. The number of hydrogen-bond acceptors (Lipinski definition) is 2. The minimum Gasteiger partial charge on any atom is -0.340 e. The quantitative estimate of drug-likeness (QED) is 0.559. The molecular weight excluding hydrogens is 142 g/mol. The molecule has 1 unspecified atom stereocenters. The number of aldehydes is 1. The minimum atomic E-state index is 0.0995. The monoisotopic (exact) mass is 155 g/mol. The van der Waals surface area contributed by atoms with Gasteiger partial charge in [0.15, 0.2) is 0 Å². The zero-order valence-corrected chi connectivity index (χ0v) is 6.75. The second kappa shape index (κ2) is 3.51. The van der Waals surface area contributed by atoms with Crippen LogP contribution in [0.5, 0.6) is 0 Å². The first-order chi connectivity index (χ1) is 5.25. The number of amides is 1. The number of nitrogens with zero attached hydrogens (tertiary/aromatic N) is 1. The fourth-order valence-corrected chi connectivity index (χ4v) is 1.40. The van der Waals surface area contributed by atoms with Crippen molar-refractivity contribution in [3.8, 4) is 0 Å². The molecule has 0 aromatic carbocycles. The molecule has 1 atom stereocenters. The molecule has 1 saturated heterocycles. The third-order valence-electron chi connectivity index (χ3n) is 2.08. The first-order valence-electron chi connectivity index (χ1n) is 3.99. The molecule has 0 N–H and O–H groups in total. The third kappa shape index (κ3) is 1.79. The van der Waals surface area contributed by atoms with Crippen LogP contribution in [0, 0.1) is 0 Å². The van der Waals surface area contributed by atoms with Crippen LogP contribution in [0.15, 0.2) is 0 Å². The highest BCUT2D eigenvalue weighted by atomic mass is 16.2. The molecule has 0 bridgehead atoms. The molecule has 0 spiro atoms. The van der Waals surface area contributed by atoms with E-state index < -0.39 is 0 Å². The van der Waals surface area contributed by atoms with Gasteiger partial charge in [-0.1, -0.05) is 0 Å². The Hall–Kier alpha value is -0.860. The fourth-order valence-electron chi connectivity index (χ4n) is 1.40. The van der Waals surface area contributed by atoms with E-state index in [0.29, 0.717) is 12.8 Å². The Morgan fingerprint density at radius 3 is 2.91 bits per heavy atom. The highest BCUT2D eigenvalue weighted by molar-refractivity contribution is 5.78. The third-order valence-corrected chi connectivity index (χ3v) is 2.08. The van der Waals surface area contributed by atoms with Crippen LogP contribution in [0.25, 0.3) is 0 Å². The maximum absolute atomic E-state index is 11.1. The Bertz CT molecular complexity index is 167. The van der Waals surface area contributed by atoms with Gasteiger partial charge in [0.2, 0.25) is 5.91 Å². The van der Waals surface area contributed by atoms with Gasteiger partial charge in [0, 0.05) is 25.4 Å². The van der Waals surface area contributed by atoms with Crippen LogP contribution in [0.2, 0.25) is 0 Å². The summed E-state index contributed by atoms with van der Waals surface area (Å²) >= 11 is 0. The number of carbonyl (C=O) groups is 2. The van der Waals surface area contributed by atoms with Crippen molar-refractivity contribution in [2.24, 2.45) is 0 Å². The summed E-state index contributed by atoms with van der Waals surface area (Å²) in [4.78, 5) is 23.0.